The van der Waals surface area contributed by atoms with Gasteiger partial charge < -0.3 is 16.8 Å². The van der Waals surface area contributed by atoms with E-state index in [-0.39, 0.29) is 0 Å². The molecule has 2 rings (SSSR count). The van der Waals surface area contributed by atoms with Crippen molar-refractivity contribution in [1.29, 1.82) is 0 Å². The number of nitrogen functional groups attached to an aromatic ring is 1. The topological polar surface area (TPSA) is 94.0 Å². The van der Waals surface area contributed by atoms with E-state index in [1.807, 2.05) is 38.1 Å². The Morgan fingerprint density at radius 3 is 2.48 bits per heavy atom. The van der Waals surface area contributed by atoms with Crippen molar-refractivity contribution in [2.75, 3.05) is 11.1 Å². The molecule has 21 heavy (non-hydrogen) atoms. The number of nitrogens with zero attached hydrogens (tertiary/aromatic N) is 1. The Morgan fingerprint density at radius 1 is 1.24 bits per heavy atom. The third-order valence-corrected chi connectivity index (χ3v) is 3.02. The minimum absolute atomic E-state index is 0.462. The van der Waals surface area contributed by atoms with Crippen LogP contribution in [0.3, 0.4) is 0 Å². The number of hydrogen-bond donors (Lipinski definition) is 3. The second kappa shape index (κ2) is 6.09. The van der Waals surface area contributed by atoms with Crippen molar-refractivity contribution in [2.45, 2.75) is 13.8 Å². The van der Waals surface area contributed by atoms with Crippen LogP contribution in [0.25, 0.3) is 6.08 Å². The molecule has 0 saturated heterocycles. The lowest BCUT2D eigenvalue weighted by molar-refractivity contribution is -0.113. The molecule has 1 amide bonds. The standard InChI is InChI=1S/C16H18N4O/c1-10-8-12(6-7-14(18)21)9-11(2)16(10)20-15-5-3-4-13(17)19-15/h3-9H,1-2H3,(H2,18,21)(H3,17,19,20)/b7-6+. The Morgan fingerprint density at radius 2 is 1.90 bits per heavy atom. The van der Waals surface area contributed by atoms with Gasteiger partial charge in [0.25, 0.3) is 0 Å². The molecule has 1 heterocycles. The minimum atomic E-state index is -0.462. The molecule has 5 nitrogen and oxygen atoms in total. The molecule has 1 aromatic carbocycles. The van der Waals surface area contributed by atoms with Gasteiger partial charge in [0.05, 0.1) is 0 Å². The van der Waals surface area contributed by atoms with Crippen molar-refractivity contribution in [3.8, 4) is 0 Å². The fourth-order valence-corrected chi connectivity index (χ4v) is 2.12. The molecule has 0 aliphatic rings. The zero-order valence-electron chi connectivity index (χ0n) is 12.1. The van der Waals surface area contributed by atoms with E-state index < -0.39 is 5.91 Å². The molecule has 0 spiro atoms. The van der Waals surface area contributed by atoms with Crippen molar-refractivity contribution in [3.05, 3.63) is 53.1 Å². The van der Waals surface area contributed by atoms with Crippen molar-refractivity contribution >= 4 is 29.3 Å². The second-order valence-electron chi connectivity index (χ2n) is 4.84. The highest BCUT2D eigenvalue weighted by molar-refractivity contribution is 5.90. The number of carbonyl (C=O) groups is 1. The third kappa shape index (κ3) is 3.82. The molecule has 1 aromatic heterocycles. The maximum absolute atomic E-state index is 10.8. The van der Waals surface area contributed by atoms with Gasteiger partial charge in [-0.05, 0) is 60.9 Å². The Balaban J connectivity index is 2.31. The summed E-state index contributed by atoms with van der Waals surface area (Å²) in [5.74, 6) is 0.703. The zero-order chi connectivity index (χ0) is 15.4. The highest BCUT2D eigenvalue weighted by atomic mass is 16.1. The lowest BCUT2D eigenvalue weighted by Gasteiger charge is -2.13. The molecule has 5 heteroatoms. The summed E-state index contributed by atoms with van der Waals surface area (Å²) in [6.45, 7) is 3.98. The minimum Gasteiger partial charge on any atom is -0.384 e. The Labute approximate surface area is 123 Å². The first-order chi connectivity index (χ1) is 9.95. The average molecular weight is 282 g/mol. The van der Waals surface area contributed by atoms with Gasteiger partial charge in [-0.15, -0.1) is 0 Å². The molecule has 0 bridgehead atoms. The number of amides is 1. The molecule has 0 atom stereocenters. The number of nitrogens with one attached hydrogen (secondary N) is 1. The number of benzene rings is 1. The predicted molar refractivity (Wildman–Crippen MR) is 86.1 cm³/mol. The van der Waals surface area contributed by atoms with E-state index in [0.29, 0.717) is 11.6 Å². The molecule has 0 radical (unpaired) electrons. The van der Waals surface area contributed by atoms with Gasteiger partial charge >= 0.3 is 0 Å². The van der Waals surface area contributed by atoms with E-state index >= 15 is 0 Å². The lowest BCUT2D eigenvalue weighted by Crippen LogP contribution is -2.05. The first-order valence-corrected chi connectivity index (χ1v) is 6.54. The van der Waals surface area contributed by atoms with Crippen molar-refractivity contribution in [1.82, 2.24) is 4.98 Å². The number of pyridine rings is 1. The van der Waals surface area contributed by atoms with Crippen LogP contribution in [0.5, 0.6) is 0 Å². The van der Waals surface area contributed by atoms with Gasteiger partial charge in [0.2, 0.25) is 5.91 Å². The van der Waals surface area contributed by atoms with E-state index in [4.69, 9.17) is 11.5 Å². The predicted octanol–water partition coefficient (Wildman–Crippen LogP) is 2.52. The Bertz CT molecular complexity index is 684. The number of carbonyl (C=O) groups excluding carboxylic acids is 1. The van der Waals surface area contributed by atoms with Gasteiger partial charge in [-0.1, -0.05) is 6.07 Å². The van der Waals surface area contributed by atoms with Gasteiger partial charge in [0.15, 0.2) is 0 Å². The average Bonchev–Trinajstić information content (AvgIpc) is 2.40. The lowest BCUT2D eigenvalue weighted by atomic mass is 10.0. The summed E-state index contributed by atoms with van der Waals surface area (Å²) >= 11 is 0. The maximum atomic E-state index is 10.8. The number of anilines is 3. The van der Waals surface area contributed by atoms with Crippen molar-refractivity contribution < 1.29 is 4.79 Å². The smallest absolute Gasteiger partial charge is 0.241 e. The molecule has 2 aromatic rings. The summed E-state index contributed by atoms with van der Waals surface area (Å²) in [6.07, 6.45) is 3.05. The van der Waals surface area contributed by atoms with Crippen molar-refractivity contribution in [3.63, 3.8) is 0 Å². The van der Waals surface area contributed by atoms with Gasteiger partial charge in [-0.3, -0.25) is 4.79 Å². The summed E-state index contributed by atoms with van der Waals surface area (Å²) < 4.78 is 0. The van der Waals surface area contributed by atoms with Gasteiger partial charge in [0.1, 0.15) is 11.6 Å². The molecular formula is C16H18N4O. The molecule has 0 saturated carbocycles. The number of aryl methyl sites for hydroxylation is 2. The number of rotatable bonds is 4. The quantitative estimate of drug-likeness (QED) is 0.751. The highest BCUT2D eigenvalue weighted by Gasteiger charge is 2.05. The fourth-order valence-electron chi connectivity index (χ4n) is 2.12. The van der Waals surface area contributed by atoms with E-state index in [2.05, 4.69) is 10.3 Å². The zero-order valence-corrected chi connectivity index (χ0v) is 12.1. The van der Waals surface area contributed by atoms with Crippen LogP contribution in [0.2, 0.25) is 0 Å². The van der Waals surface area contributed by atoms with E-state index in [9.17, 15) is 4.79 Å². The number of primary amides is 1. The summed E-state index contributed by atoms with van der Waals surface area (Å²) in [4.78, 5) is 15.0. The van der Waals surface area contributed by atoms with E-state index in [0.717, 1.165) is 22.4 Å². The molecular weight excluding hydrogens is 264 g/mol. The molecule has 5 N–H and O–H groups in total. The number of aromatic nitrogens is 1. The van der Waals surface area contributed by atoms with Crippen LogP contribution in [0.15, 0.2) is 36.4 Å². The summed E-state index contributed by atoms with van der Waals surface area (Å²) in [7, 11) is 0. The maximum Gasteiger partial charge on any atom is 0.241 e. The summed E-state index contributed by atoms with van der Waals surface area (Å²) in [5.41, 5.74) is 14.8. The van der Waals surface area contributed by atoms with Crippen LogP contribution in [-0.2, 0) is 4.79 Å². The van der Waals surface area contributed by atoms with Crippen LogP contribution in [0.4, 0.5) is 17.3 Å². The monoisotopic (exact) mass is 282 g/mol. The van der Waals surface area contributed by atoms with Crippen LogP contribution in [0.1, 0.15) is 16.7 Å². The van der Waals surface area contributed by atoms with Gasteiger partial charge in [-0.25, -0.2) is 4.98 Å². The third-order valence-electron chi connectivity index (χ3n) is 3.02. The fraction of sp³-hybridized carbons (Fsp3) is 0.125. The Hall–Kier alpha value is -2.82. The first-order valence-electron chi connectivity index (χ1n) is 6.54. The second-order valence-corrected chi connectivity index (χ2v) is 4.84. The van der Waals surface area contributed by atoms with Gasteiger partial charge in [-0.2, -0.15) is 0 Å². The normalized spacial score (nSPS) is 10.8. The van der Waals surface area contributed by atoms with E-state index in [1.54, 1.807) is 12.1 Å². The Kier molecular flexibility index (Phi) is 4.23. The molecule has 0 aliphatic carbocycles. The summed E-state index contributed by atoms with van der Waals surface area (Å²) in [6, 6.07) is 9.39. The van der Waals surface area contributed by atoms with Crippen LogP contribution < -0.4 is 16.8 Å². The number of nitrogens with two attached hydrogens (primary N) is 2. The van der Waals surface area contributed by atoms with Gasteiger partial charge in [0, 0.05) is 11.8 Å². The SMILES string of the molecule is Cc1cc(/C=C/C(N)=O)cc(C)c1Nc1cccc(N)n1. The molecule has 0 fully saturated rings. The van der Waals surface area contributed by atoms with Crippen LogP contribution >= 0.6 is 0 Å². The van der Waals surface area contributed by atoms with Crippen LogP contribution in [-0.4, -0.2) is 10.9 Å². The van der Waals surface area contributed by atoms with Crippen molar-refractivity contribution in [2.24, 2.45) is 5.73 Å². The summed E-state index contributed by atoms with van der Waals surface area (Å²) in [5, 5.41) is 3.27. The molecule has 0 aliphatic heterocycles. The largest absolute Gasteiger partial charge is 0.384 e. The molecule has 0 unspecified atom stereocenters. The first kappa shape index (κ1) is 14.6. The highest BCUT2D eigenvalue weighted by Crippen LogP contribution is 2.26. The number of hydrogen-bond acceptors (Lipinski definition) is 4. The van der Waals surface area contributed by atoms with E-state index in [1.165, 1.54) is 6.08 Å². The molecule has 108 valence electrons. The van der Waals surface area contributed by atoms with Crippen LogP contribution in [0, 0.1) is 13.8 Å².